The molecule has 3 aromatic rings. The molecule has 25 heavy (non-hydrogen) atoms. The van der Waals surface area contributed by atoms with E-state index in [0.717, 1.165) is 5.69 Å². The zero-order valence-corrected chi connectivity index (χ0v) is 15.4. The zero-order chi connectivity index (χ0) is 17.6. The van der Waals surface area contributed by atoms with Crippen molar-refractivity contribution in [3.8, 4) is 11.4 Å². The molecule has 0 fully saturated rings. The molecule has 1 atom stereocenters. The van der Waals surface area contributed by atoms with Gasteiger partial charge in [-0.25, -0.2) is 0 Å². The Morgan fingerprint density at radius 2 is 1.92 bits per heavy atom. The highest BCUT2D eigenvalue weighted by Crippen LogP contribution is 2.22. The first-order valence-corrected chi connectivity index (χ1v) is 9.21. The van der Waals surface area contributed by atoms with Crippen molar-refractivity contribution in [2.45, 2.75) is 11.3 Å². The quantitative estimate of drug-likeness (QED) is 0.610. The Balaban J connectivity index is 1.55. The van der Waals surface area contributed by atoms with Crippen molar-refractivity contribution in [1.82, 2.24) is 14.8 Å². The van der Waals surface area contributed by atoms with Gasteiger partial charge in [0.1, 0.15) is 18.7 Å². The molecule has 0 saturated heterocycles. The second kappa shape index (κ2) is 8.58. The lowest BCUT2D eigenvalue weighted by Crippen LogP contribution is -2.20. The molecule has 5 nitrogen and oxygen atoms in total. The number of aromatic nitrogens is 3. The molecule has 3 rings (SSSR count). The summed E-state index contributed by atoms with van der Waals surface area (Å²) in [6.07, 6.45) is 0.968. The van der Waals surface area contributed by atoms with Crippen LogP contribution in [0.1, 0.15) is 0 Å². The molecule has 2 aromatic carbocycles. The van der Waals surface area contributed by atoms with Gasteiger partial charge in [-0.3, -0.25) is 4.57 Å². The molecule has 1 unspecified atom stereocenters. The Hall–Kier alpha value is -1.73. The summed E-state index contributed by atoms with van der Waals surface area (Å²) in [4.78, 5) is 0. The number of benzene rings is 2. The molecule has 0 amide bonds. The first kappa shape index (κ1) is 18.1. The van der Waals surface area contributed by atoms with Crippen molar-refractivity contribution >= 4 is 35.0 Å². The summed E-state index contributed by atoms with van der Waals surface area (Å²) >= 11 is 13.2. The Labute approximate surface area is 159 Å². The minimum absolute atomic E-state index is 0.180. The van der Waals surface area contributed by atoms with Gasteiger partial charge in [-0.2, -0.15) is 0 Å². The van der Waals surface area contributed by atoms with Crippen LogP contribution in [0.5, 0.6) is 5.75 Å². The number of aliphatic hydroxyl groups excluding tert-OH is 1. The predicted octanol–water partition coefficient (Wildman–Crippen LogP) is 4.11. The minimum Gasteiger partial charge on any atom is -0.491 e. The van der Waals surface area contributed by atoms with Gasteiger partial charge < -0.3 is 9.84 Å². The topological polar surface area (TPSA) is 60.2 Å². The summed E-state index contributed by atoms with van der Waals surface area (Å²) in [5.41, 5.74) is 0.868. The van der Waals surface area contributed by atoms with Crippen LogP contribution in [0.25, 0.3) is 5.69 Å². The van der Waals surface area contributed by atoms with E-state index in [9.17, 15) is 5.11 Å². The third-order valence-electron chi connectivity index (χ3n) is 3.26. The maximum absolute atomic E-state index is 10.1. The van der Waals surface area contributed by atoms with Gasteiger partial charge in [-0.05, 0) is 42.5 Å². The van der Waals surface area contributed by atoms with Crippen LogP contribution in [0.4, 0.5) is 0 Å². The summed E-state index contributed by atoms with van der Waals surface area (Å²) in [5.74, 6) is 1.09. The fourth-order valence-electron chi connectivity index (χ4n) is 2.07. The van der Waals surface area contributed by atoms with Gasteiger partial charge in [0.25, 0.3) is 0 Å². The Bertz CT molecular complexity index is 827. The fraction of sp³-hybridized carbons (Fsp3) is 0.176. The first-order chi connectivity index (χ1) is 12.1. The van der Waals surface area contributed by atoms with E-state index in [1.54, 1.807) is 36.7 Å². The van der Waals surface area contributed by atoms with Crippen LogP contribution in [0.2, 0.25) is 10.0 Å². The highest BCUT2D eigenvalue weighted by Gasteiger charge is 2.12. The van der Waals surface area contributed by atoms with Crippen molar-refractivity contribution in [3.63, 3.8) is 0 Å². The van der Waals surface area contributed by atoms with Gasteiger partial charge in [0.15, 0.2) is 5.16 Å². The molecule has 1 heterocycles. The standard InChI is InChI=1S/C17H15Cl2N3O2S/c18-12-4-6-16(7-5-12)24-9-15(23)10-25-17-21-20-11-22(17)14-3-1-2-13(19)8-14/h1-8,11,15,23H,9-10H2. The van der Waals surface area contributed by atoms with Crippen LogP contribution in [0, 0.1) is 0 Å². The molecule has 1 aromatic heterocycles. The molecule has 0 saturated carbocycles. The second-order valence-corrected chi connectivity index (χ2v) is 7.05. The van der Waals surface area contributed by atoms with Gasteiger partial charge >= 0.3 is 0 Å². The SMILES string of the molecule is OC(COc1ccc(Cl)cc1)CSc1nncn1-c1cccc(Cl)c1. The molecule has 0 spiro atoms. The third-order valence-corrected chi connectivity index (χ3v) is 4.84. The predicted molar refractivity (Wildman–Crippen MR) is 100 cm³/mol. The van der Waals surface area contributed by atoms with E-state index in [1.165, 1.54) is 11.8 Å². The normalized spacial score (nSPS) is 12.1. The van der Waals surface area contributed by atoms with Gasteiger partial charge in [0, 0.05) is 15.8 Å². The molecule has 0 bridgehead atoms. The number of nitrogens with zero attached hydrogens (tertiary/aromatic N) is 3. The van der Waals surface area contributed by atoms with E-state index in [1.807, 2.05) is 22.8 Å². The first-order valence-electron chi connectivity index (χ1n) is 7.47. The highest BCUT2D eigenvalue weighted by atomic mass is 35.5. The number of rotatable bonds is 7. The smallest absolute Gasteiger partial charge is 0.195 e. The van der Waals surface area contributed by atoms with Crippen LogP contribution in [-0.2, 0) is 0 Å². The van der Waals surface area contributed by atoms with Crippen molar-refractivity contribution in [2.75, 3.05) is 12.4 Å². The summed E-state index contributed by atoms with van der Waals surface area (Å²) in [6.45, 7) is 0.180. The summed E-state index contributed by atoms with van der Waals surface area (Å²) in [7, 11) is 0. The van der Waals surface area contributed by atoms with Crippen LogP contribution in [0.3, 0.4) is 0 Å². The minimum atomic E-state index is -0.648. The molecule has 0 aliphatic rings. The number of hydrogen-bond acceptors (Lipinski definition) is 5. The van der Waals surface area contributed by atoms with Crippen molar-refractivity contribution < 1.29 is 9.84 Å². The third kappa shape index (κ3) is 5.12. The molecule has 0 radical (unpaired) electrons. The van der Waals surface area contributed by atoms with E-state index in [-0.39, 0.29) is 6.61 Å². The highest BCUT2D eigenvalue weighted by molar-refractivity contribution is 7.99. The Morgan fingerprint density at radius 1 is 1.12 bits per heavy atom. The van der Waals surface area contributed by atoms with E-state index >= 15 is 0 Å². The van der Waals surface area contributed by atoms with Gasteiger partial charge in [0.2, 0.25) is 0 Å². The number of aliphatic hydroxyl groups is 1. The van der Waals surface area contributed by atoms with Crippen molar-refractivity contribution in [2.24, 2.45) is 0 Å². The average Bonchev–Trinajstić information content (AvgIpc) is 3.08. The molecule has 0 aliphatic carbocycles. The van der Waals surface area contributed by atoms with Crippen molar-refractivity contribution in [1.29, 1.82) is 0 Å². The van der Waals surface area contributed by atoms with Gasteiger partial charge in [-0.1, -0.05) is 41.0 Å². The lowest BCUT2D eigenvalue weighted by molar-refractivity contribution is 0.126. The summed E-state index contributed by atoms with van der Waals surface area (Å²) in [5, 5.41) is 20.1. The van der Waals surface area contributed by atoms with E-state index in [2.05, 4.69) is 10.2 Å². The van der Waals surface area contributed by atoms with E-state index < -0.39 is 6.10 Å². The lowest BCUT2D eigenvalue weighted by Gasteiger charge is -2.12. The molecule has 8 heteroatoms. The average molecular weight is 396 g/mol. The summed E-state index contributed by atoms with van der Waals surface area (Å²) in [6, 6.07) is 14.4. The van der Waals surface area contributed by atoms with Crippen LogP contribution < -0.4 is 4.74 Å². The monoisotopic (exact) mass is 395 g/mol. The number of ether oxygens (including phenoxy) is 1. The maximum Gasteiger partial charge on any atom is 0.195 e. The van der Waals surface area contributed by atoms with Crippen molar-refractivity contribution in [3.05, 3.63) is 64.9 Å². The second-order valence-electron chi connectivity index (χ2n) is 5.19. The molecule has 0 aliphatic heterocycles. The van der Waals surface area contributed by atoms with Crippen LogP contribution in [0.15, 0.2) is 60.0 Å². The molecule has 1 N–H and O–H groups in total. The van der Waals surface area contributed by atoms with E-state index in [0.29, 0.717) is 26.7 Å². The number of hydrogen-bond donors (Lipinski definition) is 1. The number of thioether (sulfide) groups is 1. The summed E-state index contributed by atoms with van der Waals surface area (Å²) < 4.78 is 7.36. The maximum atomic E-state index is 10.1. The molecular formula is C17H15Cl2N3O2S. The van der Waals surface area contributed by atoms with Crippen LogP contribution >= 0.6 is 35.0 Å². The molecule has 130 valence electrons. The van der Waals surface area contributed by atoms with Gasteiger partial charge in [0.05, 0.1) is 11.8 Å². The van der Waals surface area contributed by atoms with Crippen LogP contribution in [-0.4, -0.2) is 38.3 Å². The lowest BCUT2D eigenvalue weighted by atomic mass is 10.3. The van der Waals surface area contributed by atoms with Gasteiger partial charge in [-0.15, -0.1) is 10.2 Å². The number of halogens is 2. The largest absolute Gasteiger partial charge is 0.491 e. The Kier molecular flexibility index (Phi) is 6.20. The zero-order valence-electron chi connectivity index (χ0n) is 13.0. The Morgan fingerprint density at radius 3 is 2.68 bits per heavy atom. The molecular weight excluding hydrogens is 381 g/mol. The van der Waals surface area contributed by atoms with E-state index in [4.69, 9.17) is 27.9 Å². The fourth-order valence-corrected chi connectivity index (χ4v) is 3.21.